The summed E-state index contributed by atoms with van der Waals surface area (Å²) in [6.07, 6.45) is 3.74. The molecule has 2 aliphatic rings. The number of halogens is 1. The van der Waals surface area contributed by atoms with Gasteiger partial charge in [0.1, 0.15) is 11.3 Å². The van der Waals surface area contributed by atoms with Crippen LogP contribution < -0.4 is 15.5 Å². The van der Waals surface area contributed by atoms with Crippen LogP contribution in [-0.2, 0) is 9.59 Å². The zero-order chi connectivity index (χ0) is 19.6. The molecule has 0 aromatic heterocycles. The molecule has 27 heavy (non-hydrogen) atoms. The van der Waals surface area contributed by atoms with Crippen molar-refractivity contribution in [1.82, 2.24) is 15.8 Å². The van der Waals surface area contributed by atoms with Gasteiger partial charge < -0.3 is 10.1 Å². The summed E-state index contributed by atoms with van der Waals surface area (Å²) < 4.78 is 5.21. The number of urea groups is 1. The van der Waals surface area contributed by atoms with E-state index < -0.39 is 34.9 Å². The Hall–Kier alpha value is -2.88. The van der Waals surface area contributed by atoms with Crippen LogP contribution in [0.2, 0.25) is 5.02 Å². The molecule has 0 bridgehead atoms. The Morgan fingerprint density at radius 2 is 2.04 bits per heavy atom. The van der Waals surface area contributed by atoms with Gasteiger partial charge >= 0.3 is 6.03 Å². The van der Waals surface area contributed by atoms with Gasteiger partial charge in [-0.15, -0.1) is 0 Å². The van der Waals surface area contributed by atoms with E-state index in [2.05, 4.69) is 10.7 Å². The molecule has 1 saturated heterocycles. The second kappa shape index (κ2) is 7.39. The van der Waals surface area contributed by atoms with Crippen molar-refractivity contribution in [3.8, 4) is 5.75 Å². The van der Waals surface area contributed by atoms with E-state index in [1.54, 1.807) is 0 Å². The summed E-state index contributed by atoms with van der Waals surface area (Å²) in [4.78, 5) is 46.8. The number of carbonyl (C=O) groups excluding carboxylic acids is 3. The number of nitrogens with zero attached hydrogens (tertiary/aromatic N) is 2. The third-order valence-corrected chi connectivity index (χ3v) is 4.89. The number of hydrogen-bond donors (Lipinski definition) is 2. The maximum absolute atomic E-state index is 12.6. The lowest BCUT2D eigenvalue weighted by atomic mass is 9.82. The fourth-order valence-electron chi connectivity index (χ4n) is 3.24. The first kappa shape index (κ1) is 18.9. The van der Waals surface area contributed by atoms with Crippen LogP contribution >= 0.6 is 11.6 Å². The van der Waals surface area contributed by atoms with Gasteiger partial charge in [-0.2, -0.15) is 5.01 Å². The van der Waals surface area contributed by atoms with E-state index in [-0.39, 0.29) is 16.5 Å². The van der Waals surface area contributed by atoms with Crippen LogP contribution in [0, 0.1) is 10.1 Å². The Bertz CT molecular complexity index is 808. The maximum atomic E-state index is 12.6. The molecule has 2 N–H and O–H groups in total. The van der Waals surface area contributed by atoms with E-state index in [1.807, 2.05) is 0 Å². The monoisotopic (exact) mass is 396 g/mol. The molecule has 0 radical (unpaired) electrons. The second-order valence-electron chi connectivity index (χ2n) is 6.41. The number of carbonyl (C=O) groups is 3. The smallest absolute Gasteiger partial charge is 0.344 e. The molecule has 0 unspecified atom stereocenters. The van der Waals surface area contributed by atoms with Crippen LogP contribution in [0.15, 0.2) is 18.2 Å². The molecule has 11 heteroatoms. The summed E-state index contributed by atoms with van der Waals surface area (Å²) in [5.74, 6) is -1.15. The predicted octanol–water partition coefficient (Wildman–Crippen LogP) is 1.91. The number of non-ortho nitro benzene ring substituents is 1. The molecule has 1 aliphatic heterocycles. The van der Waals surface area contributed by atoms with Gasteiger partial charge in [-0.05, 0) is 18.9 Å². The number of benzene rings is 1. The van der Waals surface area contributed by atoms with Crippen molar-refractivity contribution in [3.63, 3.8) is 0 Å². The van der Waals surface area contributed by atoms with Crippen LogP contribution in [0.5, 0.6) is 5.75 Å². The summed E-state index contributed by atoms with van der Waals surface area (Å²) in [6.45, 7) is -0.526. The van der Waals surface area contributed by atoms with E-state index >= 15 is 0 Å². The third kappa shape index (κ3) is 3.80. The molecule has 2 fully saturated rings. The van der Waals surface area contributed by atoms with Crippen molar-refractivity contribution in [2.45, 2.75) is 37.6 Å². The van der Waals surface area contributed by atoms with E-state index in [0.717, 1.165) is 25.3 Å². The van der Waals surface area contributed by atoms with Gasteiger partial charge in [0, 0.05) is 12.1 Å². The van der Waals surface area contributed by atoms with E-state index in [0.29, 0.717) is 17.9 Å². The molecule has 10 nitrogen and oxygen atoms in total. The highest BCUT2D eigenvalue weighted by molar-refractivity contribution is 6.32. The van der Waals surface area contributed by atoms with E-state index in [4.69, 9.17) is 16.3 Å². The van der Waals surface area contributed by atoms with Crippen molar-refractivity contribution < 1.29 is 24.0 Å². The zero-order valence-electron chi connectivity index (χ0n) is 14.2. The summed E-state index contributed by atoms with van der Waals surface area (Å²) in [6, 6.07) is 2.87. The second-order valence-corrected chi connectivity index (χ2v) is 6.82. The van der Waals surface area contributed by atoms with Gasteiger partial charge in [-0.25, -0.2) is 4.79 Å². The number of nitro benzene ring substituents is 1. The van der Waals surface area contributed by atoms with E-state index in [1.165, 1.54) is 12.1 Å². The van der Waals surface area contributed by atoms with Crippen LogP contribution in [0.3, 0.4) is 0 Å². The molecule has 1 aliphatic carbocycles. The van der Waals surface area contributed by atoms with Gasteiger partial charge in [-0.3, -0.25) is 25.1 Å². The van der Waals surface area contributed by atoms with Gasteiger partial charge in [0.05, 0.1) is 9.95 Å². The number of ether oxygens (including phenoxy) is 1. The number of rotatable bonds is 5. The SMILES string of the molecule is O=C(COc1ccc([N+](=O)[O-])cc1Cl)NN1C(=O)NC2(CCCCC2)C1=O. The van der Waals surface area contributed by atoms with Crippen LogP contribution in [0.4, 0.5) is 10.5 Å². The predicted molar refractivity (Wildman–Crippen MR) is 92.9 cm³/mol. The van der Waals surface area contributed by atoms with Crippen molar-refractivity contribution in [3.05, 3.63) is 33.3 Å². The Morgan fingerprint density at radius 3 is 2.67 bits per heavy atom. The molecule has 1 heterocycles. The van der Waals surface area contributed by atoms with Gasteiger partial charge in [0.25, 0.3) is 17.5 Å². The fraction of sp³-hybridized carbons (Fsp3) is 0.438. The number of imide groups is 1. The minimum absolute atomic E-state index is 0.0341. The van der Waals surface area contributed by atoms with Gasteiger partial charge in [0.2, 0.25) is 0 Å². The molecular formula is C16H17ClN4O6. The first-order chi connectivity index (χ1) is 12.8. The Kier molecular flexibility index (Phi) is 5.17. The summed E-state index contributed by atoms with van der Waals surface area (Å²) in [5.41, 5.74) is 1.07. The molecule has 1 spiro atoms. The van der Waals surface area contributed by atoms with Crippen LogP contribution in [0.25, 0.3) is 0 Å². The molecule has 4 amide bonds. The largest absolute Gasteiger partial charge is 0.482 e. The standard InChI is InChI=1S/C16H17ClN4O6/c17-11-8-10(21(25)26)4-5-12(11)27-9-13(22)19-20-14(23)16(18-15(20)24)6-2-1-3-7-16/h4-5,8H,1-3,6-7,9H2,(H,18,24)(H,19,22). The molecule has 144 valence electrons. The van der Waals surface area contributed by atoms with Crippen molar-refractivity contribution >= 4 is 35.1 Å². The highest BCUT2D eigenvalue weighted by Crippen LogP contribution is 2.33. The zero-order valence-corrected chi connectivity index (χ0v) is 15.0. The summed E-state index contributed by atoms with van der Waals surface area (Å²) in [7, 11) is 0. The lowest BCUT2D eigenvalue weighted by Crippen LogP contribution is -2.51. The molecule has 0 atom stereocenters. The average Bonchev–Trinajstić information content (AvgIpc) is 2.85. The van der Waals surface area contributed by atoms with Crippen molar-refractivity contribution in [2.75, 3.05) is 6.61 Å². The minimum atomic E-state index is -0.939. The lowest BCUT2D eigenvalue weighted by molar-refractivity contribution is -0.384. The fourth-order valence-corrected chi connectivity index (χ4v) is 3.47. The first-order valence-corrected chi connectivity index (χ1v) is 8.73. The molecule has 3 rings (SSSR count). The highest BCUT2D eigenvalue weighted by atomic mass is 35.5. The number of nitro groups is 1. The average molecular weight is 397 g/mol. The van der Waals surface area contributed by atoms with Crippen LogP contribution in [-0.4, -0.2) is 39.9 Å². The normalized spacial score (nSPS) is 18.3. The lowest BCUT2D eigenvalue weighted by Gasteiger charge is -2.30. The summed E-state index contributed by atoms with van der Waals surface area (Å²) >= 11 is 5.88. The summed E-state index contributed by atoms with van der Waals surface area (Å²) in [5, 5.41) is 14.0. The molecule has 1 aromatic carbocycles. The Morgan fingerprint density at radius 1 is 1.33 bits per heavy atom. The number of amides is 4. The Labute approximate surface area is 158 Å². The molecular weight excluding hydrogens is 380 g/mol. The number of hydrogen-bond acceptors (Lipinski definition) is 6. The van der Waals surface area contributed by atoms with Gasteiger partial charge in [0.15, 0.2) is 6.61 Å². The van der Waals surface area contributed by atoms with Crippen molar-refractivity contribution in [1.29, 1.82) is 0 Å². The highest BCUT2D eigenvalue weighted by Gasteiger charge is 2.52. The quantitative estimate of drug-likeness (QED) is 0.444. The molecule has 1 saturated carbocycles. The Balaban J connectivity index is 1.59. The van der Waals surface area contributed by atoms with Crippen LogP contribution in [0.1, 0.15) is 32.1 Å². The van der Waals surface area contributed by atoms with E-state index in [9.17, 15) is 24.5 Å². The third-order valence-electron chi connectivity index (χ3n) is 4.59. The number of nitrogens with one attached hydrogen (secondary N) is 2. The van der Waals surface area contributed by atoms with Gasteiger partial charge in [-0.1, -0.05) is 30.9 Å². The first-order valence-electron chi connectivity index (χ1n) is 8.35. The number of hydrazine groups is 1. The topological polar surface area (TPSA) is 131 Å². The minimum Gasteiger partial charge on any atom is -0.482 e. The maximum Gasteiger partial charge on any atom is 0.344 e. The van der Waals surface area contributed by atoms with Crippen molar-refractivity contribution in [2.24, 2.45) is 0 Å². The molecule has 1 aromatic rings.